The number of thioether (sulfide) groups is 1. The van der Waals surface area contributed by atoms with Gasteiger partial charge in [-0.1, -0.05) is 108 Å². The van der Waals surface area contributed by atoms with Crippen LogP contribution >= 0.6 is 11.8 Å². The summed E-state index contributed by atoms with van der Waals surface area (Å²) in [4.78, 5) is 49.8. The molecule has 5 rings (SSSR count). The molecule has 2 N–H and O–H groups in total. The Morgan fingerprint density at radius 2 is 1.66 bits per heavy atom. The van der Waals surface area contributed by atoms with Crippen LogP contribution in [-0.4, -0.2) is 38.8 Å². The SMILES string of the molecule is C=C(S/C(=C\C)C(C)(C)C)C(=O)N[C@@H](Cc1ccc(-c2ncc(C3=CCC(C4CCC(CC)CC4)CC3)cn2)cc1)C(=O)CC1CCCC(C(=O)O)C1. The van der Waals surface area contributed by atoms with E-state index in [2.05, 4.69) is 45.7 Å². The molecular weight excluding hydrogens is 679 g/mol. The van der Waals surface area contributed by atoms with Crippen LogP contribution in [0.5, 0.6) is 0 Å². The molecule has 0 spiro atoms. The molecule has 0 bridgehead atoms. The lowest BCUT2D eigenvalue weighted by Gasteiger charge is -2.35. The Bertz CT molecular complexity index is 1650. The number of carbonyl (C=O) groups is 3. The van der Waals surface area contributed by atoms with E-state index in [-0.39, 0.29) is 29.4 Å². The van der Waals surface area contributed by atoms with Crippen molar-refractivity contribution >= 4 is 35.0 Å². The van der Waals surface area contributed by atoms with Gasteiger partial charge in [0, 0.05) is 29.9 Å². The summed E-state index contributed by atoms with van der Waals surface area (Å²) in [6.07, 6.45) is 22.1. The van der Waals surface area contributed by atoms with E-state index < -0.39 is 17.9 Å². The molecule has 0 saturated heterocycles. The highest BCUT2D eigenvalue weighted by Crippen LogP contribution is 2.42. The van der Waals surface area contributed by atoms with Crippen LogP contribution in [0.15, 0.2) is 65.2 Å². The topological polar surface area (TPSA) is 109 Å². The van der Waals surface area contributed by atoms with Crippen molar-refractivity contribution in [1.29, 1.82) is 0 Å². The first kappa shape index (κ1) is 40.7. The number of amides is 1. The first-order valence-electron chi connectivity index (χ1n) is 20.0. The van der Waals surface area contributed by atoms with Crippen LogP contribution in [0.25, 0.3) is 17.0 Å². The summed E-state index contributed by atoms with van der Waals surface area (Å²) in [6, 6.07) is 7.13. The average molecular weight is 740 g/mol. The molecule has 1 aromatic heterocycles. The number of aliphatic carboxylic acids is 1. The molecule has 7 nitrogen and oxygen atoms in total. The highest BCUT2D eigenvalue weighted by molar-refractivity contribution is 8.07. The van der Waals surface area contributed by atoms with Crippen LogP contribution in [0.2, 0.25) is 0 Å². The van der Waals surface area contributed by atoms with Crippen LogP contribution in [-0.2, 0) is 20.8 Å². The smallest absolute Gasteiger partial charge is 0.306 e. The lowest BCUT2D eigenvalue weighted by molar-refractivity contribution is -0.143. The number of carbonyl (C=O) groups excluding carboxylic acids is 2. The third kappa shape index (κ3) is 11.3. The lowest BCUT2D eigenvalue weighted by atomic mass is 9.71. The number of benzene rings is 1. The Morgan fingerprint density at radius 3 is 2.25 bits per heavy atom. The molecular formula is C45H61N3O4S. The summed E-state index contributed by atoms with van der Waals surface area (Å²) in [6.45, 7) is 14.6. The van der Waals surface area contributed by atoms with Gasteiger partial charge in [-0.05, 0) is 110 Å². The second-order valence-corrected chi connectivity index (χ2v) is 18.0. The van der Waals surface area contributed by atoms with E-state index in [4.69, 9.17) is 9.97 Å². The predicted octanol–water partition coefficient (Wildman–Crippen LogP) is 10.6. The Morgan fingerprint density at radius 1 is 0.962 bits per heavy atom. The van der Waals surface area contributed by atoms with Crippen molar-refractivity contribution in [2.45, 2.75) is 131 Å². The third-order valence-corrected chi connectivity index (χ3v) is 13.6. The number of allylic oxidation sites excluding steroid dienone is 4. The molecule has 53 heavy (non-hydrogen) atoms. The maximum atomic E-state index is 13.8. The molecule has 1 heterocycles. The van der Waals surface area contributed by atoms with E-state index in [0.29, 0.717) is 30.0 Å². The van der Waals surface area contributed by atoms with E-state index in [1.165, 1.54) is 55.9 Å². The van der Waals surface area contributed by atoms with E-state index in [1.807, 2.05) is 49.7 Å². The Labute approximate surface area is 322 Å². The van der Waals surface area contributed by atoms with Gasteiger partial charge in [0.25, 0.3) is 5.91 Å². The number of carboxylic acids is 1. The van der Waals surface area contributed by atoms with Gasteiger partial charge >= 0.3 is 5.97 Å². The number of hydrogen-bond acceptors (Lipinski definition) is 6. The molecule has 2 fully saturated rings. The standard InChI is InChI=1S/C45H61N3O4S/c1-7-30-12-16-33(17-13-30)34-20-22-35(23-21-34)38-27-46-42(47-28-38)36-18-14-31(15-19-36)25-39(40(49)26-32-10-9-11-37(24-32)44(51)52)48-43(50)29(3)53-41(8-2)45(4,5)6/h8,14-15,18-19,22,27-28,30,32-34,37,39H,3,7,9-13,16-17,20-21,23-26H2,1-2,4-6H3,(H,48,50)(H,51,52)/b41-8-/t30?,32?,33?,34?,37?,39-/m0/s1. The minimum Gasteiger partial charge on any atom is -0.481 e. The van der Waals surface area contributed by atoms with Crippen LogP contribution in [0.3, 0.4) is 0 Å². The number of nitrogens with one attached hydrogen (secondary N) is 1. The summed E-state index contributed by atoms with van der Waals surface area (Å²) in [7, 11) is 0. The van der Waals surface area contributed by atoms with Crippen molar-refractivity contribution in [2.24, 2.45) is 35.0 Å². The Balaban J connectivity index is 1.23. The number of nitrogens with zero attached hydrogens (tertiary/aromatic N) is 2. The Hall–Kier alpha value is -3.52. The fraction of sp³-hybridized carbons (Fsp3) is 0.578. The molecule has 3 aliphatic carbocycles. The van der Waals surface area contributed by atoms with Crippen LogP contribution in [0.1, 0.15) is 129 Å². The molecule has 8 heteroatoms. The first-order chi connectivity index (χ1) is 25.3. The third-order valence-electron chi connectivity index (χ3n) is 12.1. The van der Waals surface area contributed by atoms with Crippen molar-refractivity contribution in [3.63, 3.8) is 0 Å². The second kappa shape index (κ2) is 18.7. The predicted molar refractivity (Wildman–Crippen MR) is 217 cm³/mol. The van der Waals surface area contributed by atoms with Gasteiger partial charge in [-0.3, -0.25) is 14.4 Å². The van der Waals surface area contributed by atoms with E-state index in [9.17, 15) is 19.5 Å². The molecule has 2 saturated carbocycles. The number of carboxylic acid groups (broad SMARTS) is 1. The van der Waals surface area contributed by atoms with Gasteiger partial charge < -0.3 is 10.4 Å². The maximum absolute atomic E-state index is 13.8. The van der Waals surface area contributed by atoms with Crippen LogP contribution in [0.4, 0.5) is 0 Å². The second-order valence-electron chi connectivity index (χ2n) is 16.8. The van der Waals surface area contributed by atoms with E-state index in [1.54, 1.807) is 0 Å². The molecule has 0 aliphatic heterocycles. The summed E-state index contributed by atoms with van der Waals surface area (Å²) >= 11 is 1.34. The van der Waals surface area contributed by atoms with Crippen molar-refractivity contribution in [3.05, 3.63) is 76.3 Å². The molecule has 1 amide bonds. The molecule has 1 aromatic carbocycles. The van der Waals surface area contributed by atoms with Gasteiger partial charge in [-0.15, -0.1) is 0 Å². The average Bonchev–Trinajstić information content (AvgIpc) is 3.16. The number of hydrogen-bond donors (Lipinski definition) is 2. The van der Waals surface area contributed by atoms with Gasteiger partial charge in [-0.25, -0.2) is 9.97 Å². The maximum Gasteiger partial charge on any atom is 0.306 e. The minimum absolute atomic E-state index is 0.0105. The zero-order chi connectivity index (χ0) is 38.1. The molecule has 286 valence electrons. The molecule has 0 radical (unpaired) electrons. The van der Waals surface area contributed by atoms with Crippen molar-refractivity contribution in [3.8, 4) is 11.4 Å². The molecule has 4 atom stereocenters. The Kier molecular flexibility index (Phi) is 14.3. The van der Waals surface area contributed by atoms with Gasteiger partial charge in [0.1, 0.15) is 0 Å². The zero-order valence-corrected chi connectivity index (χ0v) is 33.5. The van der Waals surface area contributed by atoms with Crippen molar-refractivity contribution in [1.82, 2.24) is 15.3 Å². The summed E-state index contributed by atoms with van der Waals surface area (Å²) in [5.41, 5.74) is 4.11. The number of aromatic nitrogens is 2. The molecule has 2 aromatic rings. The van der Waals surface area contributed by atoms with Gasteiger partial charge in [0.15, 0.2) is 11.6 Å². The van der Waals surface area contributed by atoms with Gasteiger partial charge in [0.05, 0.1) is 16.9 Å². The fourth-order valence-corrected chi connectivity index (χ4v) is 9.56. The normalized spacial score (nSPS) is 24.5. The van der Waals surface area contributed by atoms with Crippen molar-refractivity contribution < 1.29 is 19.5 Å². The zero-order valence-electron chi connectivity index (χ0n) is 32.7. The summed E-state index contributed by atoms with van der Waals surface area (Å²) < 4.78 is 0. The number of Topliss-reactive ketones (excluding diaryl/α,β-unsaturated/α-hetero) is 1. The summed E-state index contributed by atoms with van der Waals surface area (Å²) in [5, 5.41) is 12.6. The quantitative estimate of drug-likeness (QED) is 0.186. The monoisotopic (exact) mass is 739 g/mol. The number of rotatable bonds is 14. The van der Waals surface area contributed by atoms with Crippen LogP contribution in [0, 0.1) is 35.0 Å². The largest absolute Gasteiger partial charge is 0.481 e. The number of ketones is 1. The highest BCUT2D eigenvalue weighted by atomic mass is 32.2. The minimum atomic E-state index is -0.795. The van der Waals surface area contributed by atoms with Gasteiger partial charge in [-0.2, -0.15) is 0 Å². The first-order valence-corrected chi connectivity index (χ1v) is 20.9. The lowest BCUT2D eigenvalue weighted by Crippen LogP contribution is -2.43. The highest BCUT2D eigenvalue weighted by Gasteiger charge is 2.32. The molecule has 3 aliphatic rings. The van der Waals surface area contributed by atoms with Crippen LogP contribution < -0.4 is 5.32 Å². The van der Waals surface area contributed by atoms with E-state index >= 15 is 0 Å². The van der Waals surface area contributed by atoms with E-state index in [0.717, 1.165) is 65.0 Å². The fourth-order valence-electron chi connectivity index (χ4n) is 8.72. The summed E-state index contributed by atoms with van der Waals surface area (Å²) in [5.74, 6) is 1.62. The van der Waals surface area contributed by atoms with Crippen molar-refractivity contribution in [2.75, 3.05) is 0 Å². The molecule has 3 unspecified atom stereocenters. The van der Waals surface area contributed by atoms with Gasteiger partial charge in [0.2, 0.25) is 0 Å².